The Morgan fingerprint density at radius 2 is 2.00 bits per heavy atom. The van der Waals surface area contributed by atoms with Gasteiger partial charge in [-0.15, -0.1) is 0 Å². The standard InChI is InChI=1S/C16H15BrClN5O2/c17-12-6-20-14(22-12)16(25)21-7-1-2-8(11(18)3-7)15(24)23-13-9-4-19-5-10(9)13/h1-3,6,9-10,13,19H,4-5H2,(H,20,22)(H,21,25)(H,23,24). The summed E-state index contributed by atoms with van der Waals surface area (Å²) in [5.41, 5.74) is 0.893. The number of fused-ring (bicyclic) bond motifs is 1. The number of aromatic nitrogens is 2. The van der Waals surface area contributed by atoms with Crippen LogP contribution in [0.3, 0.4) is 0 Å². The van der Waals surface area contributed by atoms with Gasteiger partial charge < -0.3 is 20.9 Å². The van der Waals surface area contributed by atoms with Crippen LogP contribution in [-0.4, -0.2) is 40.9 Å². The van der Waals surface area contributed by atoms with Gasteiger partial charge in [-0.2, -0.15) is 0 Å². The molecular weight excluding hydrogens is 410 g/mol. The molecule has 9 heteroatoms. The minimum atomic E-state index is -0.391. The second-order valence-corrected chi connectivity index (χ2v) is 7.48. The minimum Gasteiger partial charge on any atom is -0.349 e. The molecular formula is C16H15BrClN5O2. The summed E-state index contributed by atoms with van der Waals surface area (Å²) in [5, 5.41) is 9.30. The molecule has 2 amide bonds. The topological polar surface area (TPSA) is 98.9 Å². The maximum Gasteiger partial charge on any atom is 0.291 e. The number of hydrogen-bond donors (Lipinski definition) is 4. The number of halogens is 2. The summed E-state index contributed by atoms with van der Waals surface area (Å²) in [4.78, 5) is 31.2. The van der Waals surface area contributed by atoms with Crippen molar-refractivity contribution in [2.24, 2.45) is 11.8 Å². The number of benzene rings is 1. The zero-order valence-electron chi connectivity index (χ0n) is 13.0. The van der Waals surface area contributed by atoms with Crippen molar-refractivity contribution in [2.45, 2.75) is 6.04 Å². The molecule has 1 saturated heterocycles. The van der Waals surface area contributed by atoms with Crippen LogP contribution >= 0.6 is 27.5 Å². The zero-order chi connectivity index (χ0) is 17.6. The lowest BCUT2D eigenvalue weighted by molar-refractivity contribution is 0.0946. The van der Waals surface area contributed by atoms with Gasteiger partial charge in [0.25, 0.3) is 11.8 Å². The van der Waals surface area contributed by atoms with Crippen LogP contribution in [0.4, 0.5) is 5.69 Å². The van der Waals surface area contributed by atoms with Gasteiger partial charge in [-0.3, -0.25) is 9.59 Å². The highest BCUT2D eigenvalue weighted by molar-refractivity contribution is 9.10. The summed E-state index contributed by atoms with van der Waals surface area (Å²) in [6.07, 6.45) is 1.50. The van der Waals surface area contributed by atoms with Gasteiger partial charge in [0.05, 0.1) is 16.8 Å². The Morgan fingerprint density at radius 3 is 2.64 bits per heavy atom. The van der Waals surface area contributed by atoms with E-state index >= 15 is 0 Å². The van der Waals surface area contributed by atoms with Gasteiger partial charge in [0, 0.05) is 24.8 Å². The smallest absolute Gasteiger partial charge is 0.291 e. The van der Waals surface area contributed by atoms with E-state index in [9.17, 15) is 9.59 Å². The van der Waals surface area contributed by atoms with Gasteiger partial charge in [-0.25, -0.2) is 4.98 Å². The Kier molecular flexibility index (Phi) is 4.26. The average Bonchev–Trinajstić information content (AvgIpc) is 2.97. The molecule has 2 aromatic rings. The van der Waals surface area contributed by atoms with Crippen molar-refractivity contribution in [1.82, 2.24) is 20.6 Å². The SMILES string of the molecule is O=C(Nc1ccc(C(=O)NC2C3CNCC32)c(Cl)c1)c1ncc(Br)[nH]1. The summed E-state index contributed by atoms with van der Waals surface area (Å²) in [6, 6.07) is 5.05. The summed E-state index contributed by atoms with van der Waals surface area (Å²) >= 11 is 9.42. The number of nitrogens with zero attached hydrogens (tertiary/aromatic N) is 1. The molecule has 2 heterocycles. The first-order chi connectivity index (χ1) is 12.0. The van der Waals surface area contributed by atoms with Crippen molar-refractivity contribution in [1.29, 1.82) is 0 Å². The van der Waals surface area contributed by atoms with Gasteiger partial charge in [-0.05, 0) is 46.0 Å². The third kappa shape index (κ3) is 3.29. The molecule has 2 aliphatic rings. The van der Waals surface area contributed by atoms with Crippen LogP contribution < -0.4 is 16.0 Å². The van der Waals surface area contributed by atoms with Crippen LogP contribution in [0.25, 0.3) is 0 Å². The van der Waals surface area contributed by atoms with E-state index in [1.54, 1.807) is 18.2 Å². The monoisotopic (exact) mass is 423 g/mol. The Labute approximate surface area is 157 Å². The first kappa shape index (κ1) is 16.6. The molecule has 1 aliphatic carbocycles. The van der Waals surface area contributed by atoms with E-state index in [1.807, 2.05) is 0 Å². The summed E-state index contributed by atoms with van der Waals surface area (Å²) in [5.74, 6) is 0.677. The highest BCUT2D eigenvalue weighted by atomic mass is 79.9. The van der Waals surface area contributed by atoms with Crippen molar-refractivity contribution in [3.05, 3.63) is 45.4 Å². The number of amides is 2. The molecule has 0 spiro atoms. The molecule has 1 aromatic carbocycles. The molecule has 25 heavy (non-hydrogen) atoms. The van der Waals surface area contributed by atoms with Gasteiger partial charge in [0.1, 0.15) is 4.60 Å². The fraction of sp³-hybridized carbons (Fsp3) is 0.312. The normalized spacial score (nSPS) is 23.8. The summed E-state index contributed by atoms with van der Waals surface area (Å²) in [7, 11) is 0. The molecule has 0 radical (unpaired) electrons. The van der Waals surface area contributed by atoms with E-state index in [0.717, 1.165) is 13.1 Å². The second kappa shape index (κ2) is 6.44. The quantitative estimate of drug-likeness (QED) is 0.603. The second-order valence-electron chi connectivity index (χ2n) is 6.21. The minimum absolute atomic E-state index is 0.179. The van der Waals surface area contributed by atoms with Crippen LogP contribution in [0.1, 0.15) is 21.0 Å². The lowest BCUT2D eigenvalue weighted by atomic mass is 10.2. The van der Waals surface area contributed by atoms with E-state index in [-0.39, 0.29) is 17.8 Å². The number of H-pyrrole nitrogens is 1. The number of nitrogens with one attached hydrogen (secondary N) is 4. The van der Waals surface area contributed by atoms with E-state index < -0.39 is 5.91 Å². The van der Waals surface area contributed by atoms with Crippen LogP contribution in [0.15, 0.2) is 29.0 Å². The number of piperidine rings is 1. The number of hydrogen-bond acceptors (Lipinski definition) is 4. The maximum atomic E-state index is 12.4. The van der Waals surface area contributed by atoms with Crippen LogP contribution in [0.5, 0.6) is 0 Å². The summed E-state index contributed by atoms with van der Waals surface area (Å²) in [6.45, 7) is 1.91. The predicted octanol–water partition coefficient (Wildman–Crippen LogP) is 2.03. The fourth-order valence-corrected chi connectivity index (χ4v) is 3.80. The number of aromatic amines is 1. The first-order valence-corrected chi connectivity index (χ1v) is 9.03. The lowest BCUT2D eigenvalue weighted by Crippen LogP contribution is -2.32. The molecule has 4 N–H and O–H groups in total. The molecule has 2 atom stereocenters. The lowest BCUT2D eigenvalue weighted by Gasteiger charge is -2.10. The molecule has 130 valence electrons. The van der Waals surface area contributed by atoms with Crippen molar-refractivity contribution in [2.75, 3.05) is 18.4 Å². The van der Waals surface area contributed by atoms with E-state index in [2.05, 4.69) is 41.8 Å². The zero-order valence-corrected chi connectivity index (χ0v) is 15.3. The summed E-state index contributed by atoms with van der Waals surface area (Å²) < 4.78 is 0.614. The van der Waals surface area contributed by atoms with E-state index in [4.69, 9.17) is 11.6 Å². The Balaban J connectivity index is 1.41. The van der Waals surface area contributed by atoms with Crippen molar-refractivity contribution in [3.63, 3.8) is 0 Å². The Bertz CT molecular complexity index is 845. The van der Waals surface area contributed by atoms with Gasteiger partial charge in [0.15, 0.2) is 5.82 Å². The number of imidazole rings is 1. The van der Waals surface area contributed by atoms with Crippen LogP contribution in [-0.2, 0) is 0 Å². The highest BCUT2D eigenvalue weighted by Crippen LogP contribution is 2.41. The average molecular weight is 425 g/mol. The molecule has 1 aromatic heterocycles. The van der Waals surface area contributed by atoms with Crippen molar-refractivity contribution in [3.8, 4) is 0 Å². The molecule has 4 rings (SSSR count). The third-order valence-electron chi connectivity index (χ3n) is 4.62. The Hall–Kier alpha value is -1.90. The fourth-order valence-electron chi connectivity index (χ4n) is 3.24. The highest BCUT2D eigenvalue weighted by Gasteiger charge is 2.53. The molecule has 2 fully saturated rings. The number of anilines is 1. The predicted molar refractivity (Wildman–Crippen MR) is 96.8 cm³/mol. The van der Waals surface area contributed by atoms with Crippen molar-refractivity contribution >= 4 is 45.0 Å². The molecule has 7 nitrogen and oxygen atoms in total. The molecule has 2 unspecified atom stereocenters. The Morgan fingerprint density at radius 1 is 1.24 bits per heavy atom. The molecule has 1 saturated carbocycles. The van der Waals surface area contributed by atoms with Crippen molar-refractivity contribution < 1.29 is 9.59 Å². The van der Waals surface area contributed by atoms with Gasteiger partial charge in [0.2, 0.25) is 0 Å². The van der Waals surface area contributed by atoms with E-state index in [0.29, 0.717) is 32.7 Å². The largest absolute Gasteiger partial charge is 0.349 e. The van der Waals surface area contributed by atoms with E-state index in [1.165, 1.54) is 6.20 Å². The first-order valence-electron chi connectivity index (χ1n) is 7.86. The number of carbonyl (C=O) groups excluding carboxylic acids is 2. The molecule has 1 aliphatic heterocycles. The van der Waals surface area contributed by atoms with Gasteiger partial charge >= 0.3 is 0 Å². The maximum absolute atomic E-state index is 12.4. The number of carbonyl (C=O) groups is 2. The van der Waals surface area contributed by atoms with Crippen LogP contribution in [0.2, 0.25) is 5.02 Å². The molecule has 0 bridgehead atoms. The van der Waals surface area contributed by atoms with Gasteiger partial charge in [-0.1, -0.05) is 11.6 Å². The third-order valence-corrected chi connectivity index (χ3v) is 5.34. The van der Waals surface area contributed by atoms with Crippen LogP contribution in [0, 0.1) is 11.8 Å². The number of rotatable bonds is 4.